The van der Waals surface area contributed by atoms with E-state index in [4.69, 9.17) is 5.73 Å². The zero-order valence-electron chi connectivity index (χ0n) is 14.5. The molecule has 0 amide bonds. The van der Waals surface area contributed by atoms with Gasteiger partial charge in [-0.2, -0.15) is 0 Å². The maximum absolute atomic E-state index is 10.5. The second kappa shape index (κ2) is 8.36. The van der Waals surface area contributed by atoms with Gasteiger partial charge in [-0.05, 0) is 32.4 Å². The van der Waals surface area contributed by atoms with Gasteiger partial charge in [0.1, 0.15) is 11.6 Å². The predicted octanol–water partition coefficient (Wildman–Crippen LogP) is 1.99. The normalized spacial score (nSPS) is 25.3. The first-order valence-electron chi connectivity index (χ1n) is 9.12. The van der Waals surface area contributed by atoms with Crippen LogP contribution in [0.3, 0.4) is 0 Å². The van der Waals surface area contributed by atoms with Crippen LogP contribution in [0.4, 0.5) is 11.6 Å². The molecule has 3 rings (SSSR count). The number of thioether (sulfide) groups is 1. The van der Waals surface area contributed by atoms with Crippen molar-refractivity contribution in [1.82, 2.24) is 14.9 Å². The lowest BCUT2D eigenvalue weighted by molar-refractivity contribution is 0.0706. The average Bonchev–Trinajstić information content (AvgIpc) is 2.97. The quantitative estimate of drug-likeness (QED) is 0.461. The zero-order chi connectivity index (χ0) is 16.9. The van der Waals surface area contributed by atoms with Gasteiger partial charge in [-0.25, -0.2) is 9.97 Å². The number of nitrogen functional groups attached to an aromatic ring is 1. The number of β-amino-alcohol motifs (C(OH)–C–C–N with tert-alkyl or cyclic N) is 1. The molecule has 134 valence electrons. The van der Waals surface area contributed by atoms with E-state index in [0.29, 0.717) is 12.4 Å². The summed E-state index contributed by atoms with van der Waals surface area (Å²) in [5.74, 6) is 2.37. The van der Waals surface area contributed by atoms with Crippen molar-refractivity contribution < 1.29 is 5.11 Å². The summed E-state index contributed by atoms with van der Waals surface area (Å²) in [6.45, 7) is 5.81. The first-order valence-corrected chi connectivity index (χ1v) is 10.1. The van der Waals surface area contributed by atoms with Gasteiger partial charge in [0.15, 0.2) is 5.16 Å². The molecule has 24 heavy (non-hydrogen) atoms. The summed E-state index contributed by atoms with van der Waals surface area (Å²) in [5, 5.41) is 11.3. The van der Waals surface area contributed by atoms with E-state index < -0.39 is 0 Å². The van der Waals surface area contributed by atoms with Crippen LogP contribution < -0.4 is 10.6 Å². The summed E-state index contributed by atoms with van der Waals surface area (Å²) in [4.78, 5) is 13.6. The van der Waals surface area contributed by atoms with Gasteiger partial charge in [-0.15, -0.1) is 0 Å². The molecular weight excluding hydrogens is 322 g/mol. The lowest BCUT2D eigenvalue weighted by atomic mass is 10.1. The van der Waals surface area contributed by atoms with E-state index in [9.17, 15) is 5.11 Å². The van der Waals surface area contributed by atoms with E-state index in [1.54, 1.807) is 11.8 Å². The molecule has 0 aliphatic carbocycles. The topological polar surface area (TPSA) is 78.5 Å². The summed E-state index contributed by atoms with van der Waals surface area (Å²) in [5.41, 5.74) is 5.98. The summed E-state index contributed by atoms with van der Waals surface area (Å²) < 4.78 is 0. The number of aromatic nitrogens is 2. The number of anilines is 2. The van der Waals surface area contributed by atoms with Gasteiger partial charge in [0.05, 0.1) is 12.1 Å². The molecule has 0 radical (unpaired) electrons. The second-order valence-corrected chi connectivity index (χ2v) is 7.83. The lowest BCUT2D eigenvalue weighted by Gasteiger charge is -2.33. The third-order valence-corrected chi connectivity index (χ3v) is 5.82. The Kier molecular flexibility index (Phi) is 6.19. The maximum atomic E-state index is 10.5. The van der Waals surface area contributed by atoms with Crippen LogP contribution in [0.2, 0.25) is 0 Å². The molecule has 0 aromatic carbocycles. The van der Waals surface area contributed by atoms with Crippen LogP contribution in [0, 0.1) is 0 Å². The molecule has 0 spiro atoms. The average molecular weight is 352 g/mol. The highest BCUT2D eigenvalue weighted by Gasteiger charge is 2.36. The molecule has 2 saturated heterocycles. The van der Waals surface area contributed by atoms with Crippen molar-refractivity contribution in [3.63, 3.8) is 0 Å². The highest BCUT2D eigenvalue weighted by molar-refractivity contribution is 7.99. The zero-order valence-corrected chi connectivity index (χ0v) is 15.3. The van der Waals surface area contributed by atoms with Gasteiger partial charge in [-0.3, -0.25) is 4.90 Å². The summed E-state index contributed by atoms with van der Waals surface area (Å²) in [7, 11) is 0. The van der Waals surface area contributed by atoms with Gasteiger partial charge >= 0.3 is 0 Å². The van der Waals surface area contributed by atoms with Crippen molar-refractivity contribution in [2.75, 3.05) is 42.6 Å². The first-order chi connectivity index (χ1) is 11.7. The highest BCUT2D eigenvalue weighted by atomic mass is 32.2. The molecule has 6 nitrogen and oxygen atoms in total. The fourth-order valence-electron chi connectivity index (χ4n) is 3.53. The lowest BCUT2D eigenvalue weighted by Crippen LogP contribution is -2.45. The number of nitrogens with two attached hydrogens (primary N) is 1. The number of nitrogens with zero attached hydrogens (tertiary/aromatic N) is 4. The molecular formula is C17H29N5OS. The number of rotatable bonds is 6. The third-order valence-electron chi connectivity index (χ3n) is 4.88. The Hall–Kier alpha value is -1.05. The first kappa shape index (κ1) is 17.8. The fourth-order valence-corrected chi connectivity index (χ4v) is 4.47. The molecule has 2 fully saturated rings. The monoisotopic (exact) mass is 351 g/mol. The fraction of sp³-hybridized carbons (Fsp3) is 0.765. The van der Waals surface area contributed by atoms with E-state index in [1.807, 2.05) is 6.07 Å². The maximum Gasteiger partial charge on any atom is 0.191 e. The van der Waals surface area contributed by atoms with Crippen LogP contribution in [-0.2, 0) is 0 Å². The van der Waals surface area contributed by atoms with Crippen LogP contribution in [0.15, 0.2) is 11.2 Å². The molecule has 0 saturated carbocycles. The van der Waals surface area contributed by atoms with Crippen molar-refractivity contribution in [3.8, 4) is 0 Å². The number of aliphatic hydroxyl groups excluding tert-OH is 1. The Balaban J connectivity index is 1.67. The van der Waals surface area contributed by atoms with Crippen molar-refractivity contribution >= 4 is 23.4 Å². The molecule has 2 aliphatic heterocycles. The molecule has 3 heterocycles. The minimum absolute atomic E-state index is 0.206. The van der Waals surface area contributed by atoms with Gasteiger partial charge in [0.2, 0.25) is 0 Å². The standard InChI is InChI=1S/C17H29N5OS/c1-2-3-9-24-17-19-15(18)10-16(20-17)22-11-13(14(23)12-22)21-7-5-4-6-8-21/h10,13-14,23H,2-9,11-12H2,1H3,(H2,18,19,20)/t13-,14-/m0/s1. The Labute approximate surface area is 148 Å². The van der Waals surface area contributed by atoms with E-state index >= 15 is 0 Å². The molecule has 2 aliphatic rings. The second-order valence-electron chi connectivity index (χ2n) is 6.77. The number of hydrogen-bond donors (Lipinski definition) is 2. The molecule has 2 atom stereocenters. The summed E-state index contributed by atoms with van der Waals surface area (Å²) >= 11 is 1.66. The van der Waals surface area contributed by atoms with Crippen molar-refractivity contribution in [2.45, 2.75) is 56.3 Å². The number of unbranched alkanes of at least 4 members (excludes halogenated alkanes) is 1. The van der Waals surface area contributed by atoms with Crippen LogP contribution in [0.25, 0.3) is 0 Å². The Morgan fingerprint density at radius 3 is 2.79 bits per heavy atom. The highest BCUT2D eigenvalue weighted by Crippen LogP contribution is 2.27. The van der Waals surface area contributed by atoms with Gasteiger partial charge in [-0.1, -0.05) is 31.5 Å². The number of hydrogen-bond acceptors (Lipinski definition) is 7. The Bertz CT molecular complexity index is 538. The van der Waals surface area contributed by atoms with Crippen molar-refractivity contribution in [3.05, 3.63) is 6.07 Å². The largest absolute Gasteiger partial charge is 0.390 e. The number of piperidine rings is 1. The van der Waals surface area contributed by atoms with E-state index in [0.717, 1.165) is 49.2 Å². The van der Waals surface area contributed by atoms with Gasteiger partial charge < -0.3 is 15.7 Å². The molecule has 1 aromatic rings. The summed E-state index contributed by atoms with van der Waals surface area (Å²) in [6, 6.07) is 2.03. The molecule has 0 bridgehead atoms. The smallest absolute Gasteiger partial charge is 0.191 e. The third kappa shape index (κ3) is 4.32. The molecule has 0 unspecified atom stereocenters. The molecule has 7 heteroatoms. The minimum Gasteiger partial charge on any atom is -0.390 e. The van der Waals surface area contributed by atoms with Crippen molar-refractivity contribution in [1.29, 1.82) is 0 Å². The molecule has 3 N–H and O–H groups in total. The van der Waals surface area contributed by atoms with Gasteiger partial charge in [0.25, 0.3) is 0 Å². The van der Waals surface area contributed by atoms with Gasteiger partial charge in [0, 0.05) is 24.9 Å². The Morgan fingerprint density at radius 1 is 1.25 bits per heavy atom. The van der Waals surface area contributed by atoms with Crippen LogP contribution in [0.1, 0.15) is 39.0 Å². The summed E-state index contributed by atoms with van der Waals surface area (Å²) in [6.07, 6.45) is 5.78. The Morgan fingerprint density at radius 2 is 2.04 bits per heavy atom. The molecule has 1 aromatic heterocycles. The minimum atomic E-state index is -0.324. The van der Waals surface area contributed by atoms with E-state index in [2.05, 4.69) is 26.7 Å². The predicted molar refractivity (Wildman–Crippen MR) is 99.5 cm³/mol. The number of likely N-dealkylation sites (tertiary alicyclic amines) is 1. The SMILES string of the molecule is CCCCSc1nc(N)cc(N2C[C@H](O)[C@@H](N3CCCCC3)C2)n1. The van der Waals surface area contributed by atoms with Crippen LogP contribution in [0.5, 0.6) is 0 Å². The van der Waals surface area contributed by atoms with Crippen LogP contribution >= 0.6 is 11.8 Å². The number of aliphatic hydroxyl groups is 1. The van der Waals surface area contributed by atoms with Crippen molar-refractivity contribution in [2.24, 2.45) is 0 Å². The van der Waals surface area contributed by atoms with E-state index in [-0.39, 0.29) is 12.1 Å². The van der Waals surface area contributed by atoms with E-state index in [1.165, 1.54) is 19.3 Å². The van der Waals surface area contributed by atoms with Crippen LogP contribution in [-0.4, -0.2) is 64.1 Å².